The van der Waals surface area contributed by atoms with Gasteiger partial charge in [-0.15, -0.1) is 11.8 Å². The van der Waals surface area contributed by atoms with Crippen LogP contribution >= 0.6 is 35.0 Å². The number of anilines is 2. The molecule has 4 aromatic carbocycles. The number of benzene rings is 4. The predicted octanol–water partition coefficient (Wildman–Crippen LogP) is 8.93. The standard InChI is InChI=1S/C33H26Cl2F3N3O3S/c1-2-28(32(44)40-26-17-7-6-15-24(26)33(36,37)38)45-23-14-9-13-22(19-23)39-31(43)27(18-21-12-8-16-25(34)29(21)35)41-30(42)20-10-4-3-5-11-20/h3-19,28H,2H2,1H3,(H,39,43)(H,40,44)(H,41,42)/b27-18+. The molecule has 0 heterocycles. The summed E-state index contributed by atoms with van der Waals surface area (Å²) in [4.78, 5) is 40.0. The highest BCUT2D eigenvalue weighted by molar-refractivity contribution is 8.00. The van der Waals surface area contributed by atoms with Crippen LogP contribution in [-0.4, -0.2) is 23.0 Å². The Morgan fingerprint density at radius 3 is 2.27 bits per heavy atom. The molecule has 232 valence electrons. The fourth-order valence-corrected chi connectivity index (χ4v) is 5.49. The molecule has 6 nitrogen and oxygen atoms in total. The van der Waals surface area contributed by atoms with Gasteiger partial charge in [-0.2, -0.15) is 13.2 Å². The number of carbonyl (C=O) groups is 3. The van der Waals surface area contributed by atoms with Crippen LogP contribution in [0.5, 0.6) is 0 Å². The second-order valence-corrected chi connectivity index (χ2v) is 11.6. The molecular formula is C33H26Cl2F3N3O3S. The molecule has 1 unspecified atom stereocenters. The van der Waals surface area contributed by atoms with Crippen LogP contribution in [0.2, 0.25) is 10.0 Å². The van der Waals surface area contributed by atoms with Gasteiger partial charge in [0, 0.05) is 16.1 Å². The van der Waals surface area contributed by atoms with E-state index in [1.54, 1.807) is 79.7 Å². The van der Waals surface area contributed by atoms with Gasteiger partial charge in [0.1, 0.15) is 5.70 Å². The molecule has 45 heavy (non-hydrogen) atoms. The normalized spacial score (nSPS) is 12.3. The summed E-state index contributed by atoms with van der Waals surface area (Å²) in [5.41, 5.74) is -0.304. The van der Waals surface area contributed by atoms with Gasteiger partial charge in [-0.1, -0.05) is 78.7 Å². The van der Waals surface area contributed by atoms with E-state index in [2.05, 4.69) is 16.0 Å². The number of halogens is 5. The number of para-hydroxylation sites is 1. The molecule has 0 saturated carbocycles. The Hall–Kier alpha value is -4.25. The highest BCUT2D eigenvalue weighted by Gasteiger charge is 2.34. The smallest absolute Gasteiger partial charge is 0.325 e. The number of hydrogen-bond donors (Lipinski definition) is 3. The van der Waals surface area contributed by atoms with E-state index in [1.165, 1.54) is 24.3 Å². The number of carbonyl (C=O) groups excluding carboxylic acids is 3. The Labute approximate surface area is 272 Å². The molecule has 4 aromatic rings. The molecule has 0 saturated heterocycles. The van der Waals surface area contributed by atoms with Crippen molar-refractivity contribution < 1.29 is 27.6 Å². The van der Waals surface area contributed by atoms with Gasteiger partial charge in [0.25, 0.3) is 11.8 Å². The van der Waals surface area contributed by atoms with Crippen LogP contribution in [0.15, 0.2) is 108 Å². The van der Waals surface area contributed by atoms with Gasteiger partial charge in [-0.25, -0.2) is 0 Å². The molecule has 3 N–H and O–H groups in total. The third-order valence-corrected chi connectivity index (χ3v) is 8.53. The van der Waals surface area contributed by atoms with Gasteiger partial charge in [0.05, 0.1) is 26.5 Å². The van der Waals surface area contributed by atoms with Crippen molar-refractivity contribution in [1.82, 2.24) is 5.32 Å². The summed E-state index contributed by atoms with van der Waals surface area (Å²) < 4.78 is 40.3. The molecule has 0 fully saturated rings. The van der Waals surface area contributed by atoms with Gasteiger partial charge >= 0.3 is 6.18 Å². The van der Waals surface area contributed by atoms with Crippen molar-refractivity contribution in [2.75, 3.05) is 10.6 Å². The topological polar surface area (TPSA) is 87.3 Å². The fourth-order valence-electron chi connectivity index (χ4n) is 4.11. The van der Waals surface area contributed by atoms with Gasteiger partial charge in [0.2, 0.25) is 5.91 Å². The van der Waals surface area contributed by atoms with Crippen molar-refractivity contribution in [3.8, 4) is 0 Å². The average Bonchev–Trinajstić information content (AvgIpc) is 3.02. The molecular weight excluding hydrogens is 646 g/mol. The van der Waals surface area contributed by atoms with Crippen molar-refractivity contribution in [3.63, 3.8) is 0 Å². The first-order valence-corrected chi connectivity index (χ1v) is 15.2. The summed E-state index contributed by atoms with van der Waals surface area (Å²) in [6.07, 6.45) is -2.91. The summed E-state index contributed by atoms with van der Waals surface area (Å²) in [6, 6.07) is 24.6. The zero-order valence-corrected chi connectivity index (χ0v) is 26.0. The van der Waals surface area contributed by atoms with Crippen LogP contribution in [0.3, 0.4) is 0 Å². The molecule has 12 heteroatoms. The first-order valence-electron chi connectivity index (χ1n) is 13.5. The monoisotopic (exact) mass is 671 g/mol. The largest absolute Gasteiger partial charge is 0.418 e. The molecule has 0 aromatic heterocycles. The quantitative estimate of drug-likeness (QED) is 0.116. The lowest BCUT2D eigenvalue weighted by atomic mass is 10.1. The zero-order chi connectivity index (χ0) is 32.6. The Balaban J connectivity index is 1.53. The first-order chi connectivity index (χ1) is 21.5. The van der Waals surface area contributed by atoms with Crippen molar-refractivity contribution in [3.05, 3.63) is 129 Å². The van der Waals surface area contributed by atoms with Gasteiger partial charge in [-0.3, -0.25) is 14.4 Å². The van der Waals surface area contributed by atoms with Crippen LogP contribution in [0.25, 0.3) is 6.08 Å². The molecule has 1 atom stereocenters. The van der Waals surface area contributed by atoms with E-state index in [9.17, 15) is 27.6 Å². The first kappa shape index (κ1) is 33.6. The van der Waals surface area contributed by atoms with E-state index >= 15 is 0 Å². The summed E-state index contributed by atoms with van der Waals surface area (Å²) >= 11 is 13.6. The third kappa shape index (κ3) is 9.13. The van der Waals surface area contributed by atoms with Crippen LogP contribution in [0.4, 0.5) is 24.5 Å². The predicted molar refractivity (Wildman–Crippen MR) is 173 cm³/mol. The van der Waals surface area contributed by atoms with E-state index in [0.717, 1.165) is 17.8 Å². The molecule has 0 aliphatic rings. The highest BCUT2D eigenvalue weighted by atomic mass is 35.5. The van der Waals surface area contributed by atoms with E-state index in [4.69, 9.17) is 23.2 Å². The lowest BCUT2D eigenvalue weighted by Gasteiger charge is -2.18. The lowest BCUT2D eigenvalue weighted by Crippen LogP contribution is -2.30. The third-order valence-electron chi connectivity index (χ3n) is 6.33. The van der Waals surface area contributed by atoms with Crippen LogP contribution in [-0.2, 0) is 15.8 Å². The van der Waals surface area contributed by atoms with E-state index in [-0.39, 0.29) is 21.4 Å². The number of thioether (sulfide) groups is 1. The second-order valence-electron chi connectivity index (χ2n) is 9.55. The number of hydrogen-bond acceptors (Lipinski definition) is 4. The molecule has 0 spiro atoms. The van der Waals surface area contributed by atoms with Crippen molar-refractivity contribution in [1.29, 1.82) is 0 Å². The summed E-state index contributed by atoms with van der Waals surface area (Å²) in [5.74, 6) is -1.78. The maximum atomic E-state index is 13.5. The second kappa shape index (κ2) is 15.2. The zero-order valence-electron chi connectivity index (χ0n) is 23.6. The Morgan fingerprint density at radius 1 is 0.867 bits per heavy atom. The van der Waals surface area contributed by atoms with Gasteiger partial charge < -0.3 is 16.0 Å². The highest BCUT2D eigenvalue weighted by Crippen LogP contribution is 2.36. The van der Waals surface area contributed by atoms with Crippen molar-refractivity contribution in [2.45, 2.75) is 29.7 Å². The lowest BCUT2D eigenvalue weighted by molar-refractivity contribution is -0.137. The average molecular weight is 673 g/mol. The fraction of sp³-hybridized carbons (Fsp3) is 0.121. The summed E-state index contributed by atoms with van der Waals surface area (Å²) in [7, 11) is 0. The molecule has 0 bridgehead atoms. The van der Waals surface area contributed by atoms with Gasteiger partial charge in [0.15, 0.2) is 0 Å². The number of nitrogens with one attached hydrogen (secondary N) is 3. The van der Waals surface area contributed by atoms with Crippen LogP contribution < -0.4 is 16.0 Å². The number of alkyl halides is 3. The van der Waals surface area contributed by atoms with Crippen molar-refractivity contribution in [2.24, 2.45) is 0 Å². The van der Waals surface area contributed by atoms with Crippen LogP contribution in [0.1, 0.15) is 34.8 Å². The summed E-state index contributed by atoms with van der Waals surface area (Å²) in [5, 5.41) is 7.49. The Morgan fingerprint density at radius 2 is 1.56 bits per heavy atom. The molecule has 0 aliphatic carbocycles. The van der Waals surface area contributed by atoms with E-state index in [0.29, 0.717) is 28.1 Å². The maximum absolute atomic E-state index is 13.5. The molecule has 3 amide bonds. The minimum absolute atomic E-state index is 0.111. The van der Waals surface area contributed by atoms with E-state index < -0.39 is 34.7 Å². The van der Waals surface area contributed by atoms with Crippen LogP contribution in [0, 0.1) is 0 Å². The minimum atomic E-state index is -4.63. The van der Waals surface area contributed by atoms with E-state index in [1.807, 2.05) is 0 Å². The Bertz CT molecular complexity index is 1730. The van der Waals surface area contributed by atoms with Gasteiger partial charge in [-0.05, 0) is 66.6 Å². The SMILES string of the molecule is CCC(Sc1cccc(NC(=O)/C(=C\c2cccc(Cl)c2Cl)NC(=O)c2ccccc2)c1)C(=O)Nc1ccccc1C(F)(F)F. The minimum Gasteiger partial charge on any atom is -0.325 e. The molecule has 4 rings (SSSR count). The maximum Gasteiger partial charge on any atom is 0.418 e. The number of rotatable bonds is 10. The molecule has 0 aliphatic heterocycles. The number of amides is 3. The summed E-state index contributed by atoms with van der Waals surface area (Å²) in [6.45, 7) is 1.74. The Kier molecular flexibility index (Phi) is 11.3. The molecule has 0 radical (unpaired) electrons. The van der Waals surface area contributed by atoms with Crippen molar-refractivity contribution >= 4 is 70.1 Å².